The predicted octanol–water partition coefficient (Wildman–Crippen LogP) is 3.61. The van der Waals surface area contributed by atoms with Crippen molar-refractivity contribution in [2.75, 3.05) is 13.1 Å². The van der Waals surface area contributed by atoms with E-state index in [1.54, 1.807) is 11.0 Å². The van der Waals surface area contributed by atoms with Crippen molar-refractivity contribution < 1.29 is 9.59 Å². The molecule has 0 spiro atoms. The minimum Gasteiger partial charge on any atom is -0.369 e. The average molecular weight is 441 g/mol. The van der Waals surface area contributed by atoms with Crippen LogP contribution < -0.4 is 11.1 Å². The molecule has 2 amide bonds. The molecule has 6 heteroatoms. The molecule has 33 heavy (non-hydrogen) atoms. The number of rotatable bonds is 8. The first-order valence-electron chi connectivity index (χ1n) is 11.2. The zero-order valence-electron chi connectivity index (χ0n) is 18.7. The van der Waals surface area contributed by atoms with Crippen molar-refractivity contribution in [2.24, 2.45) is 10.7 Å². The van der Waals surface area contributed by atoms with Gasteiger partial charge in [-0.15, -0.1) is 0 Å². The summed E-state index contributed by atoms with van der Waals surface area (Å²) >= 11 is 0. The number of carbonyl (C=O) groups is 2. The lowest BCUT2D eigenvalue weighted by atomic mass is 9.83. The molecule has 3 aromatic carbocycles. The smallest absolute Gasteiger partial charge is 0.266 e. The molecule has 1 aliphatic rings. The minimum absolute atomic E-state index is 0.0933. The molecule has 4 rings (SSSR count). The van der Waals surface area contributed by atoms with Gasteiger partial charge in [-0.1, -0.05) is 78.4 Å². The highest BCUT2D eigenvalue weighted by Gasteiger charge is 2.50. The highest BCUT2D eigenvalue weighted by Crippen LogP contribution is 2.39. The van der Waals surface area contributed by atoms with Gasteiger partial charge >= 0.3 is 0 Å². The maximum Gasteiger partial charge on any atom is 0.266 e. The number of hydrogen-bond donors (Lipinski definition) is 2. The molecule has 0 unspecified atom stereocenters. The van der Waals surface area contributed by atoms with E-state index >= 15 is 0 Å². The van der Waals surface area contributed by atoms with Crippen molar-refractivity contribution in [3.63, 3.8) is 0 Å². The fourth-order valence-electron chi connectivity index (χ4n) is 4.18. The Balaban J connectivity index is 1.41. The van der Waals surface area contributed by atoms with Crippen molar-refractivity contribution in [1.82, 2.24) is 10.2 Å². The number of carbonyl (C=O) groups excluding carboxylic acids is 2. The third-order valence-corrected chi connectivity index (χ3v) is 5.87. The van der Waals surface area contributed by atoms with Crippen LogP contribution >= 0.6 is 0 Å². The van der Waals surface area contributed by atoms with E-state index in [1.165, 1.54) is 0 Å². The monoisotopic (exact) mass is 440 g/mol. The van der Waals surface area contributed by atoms with Crippen LogP contribution in [0.3, 0.4) is 0 Å². The maximum atomic E-state index is 13.7. The van der Waals surface area contributed by atoms with Gasteiger partial charge in [0, 0.05) is 18.7 Å². The van der Waals surface area contributed by atoms with E-state index in [1.807, 2.05) is 85.8 Å². The third kappa shape index (κ3) is 4.51. The molecule has 3 aromatic rings. The number of benzene rings is 3. The molecule has 3 N–H and O–H groups in total. The second-order valence-corrected chi connectivity index (χ2v) is 8.20. The van der Waals surface area contributed by atoms with Crippen LogP contribution in [-0.2, 0) is 10.3 Å². The first-order chi connectivity index (χ1) is 16.0. The molecule has 168 valence electrons. The number of nitrogens with one attached hydrogen (secondary N) is 1. The number of nitrogens with two attached hydrogens (primary N) is 1. The summed E-state index contributed by atoms with van der Waals surface area (Å²) in [5.74, 6) is -0.0260. The van der Waals surface area contributed by atoms with Gasteiger partial charge in [-0.25, -0.2) is 4.99 Å². The van der Waals surface area contributed by atoms with Crippen molar-refractivity contribution in [1.29, 1.82) is 0 Å². The third-order valence-electron chi connectivity index (χ3n) is 5.87. The molecule has 0 bridgehead atoms. The summed E-state index contributed by atoms with van der Waals surface area (Å²) in [5, 5.41) is 2.94. The minimum atomic E-state index is -1.17. The highest BCUT2D eigenvalue weighted by molar-refractivity contribution is 6.09. The SMILES string of the molecule is Cc1cccc(C(=O)NCCCCN2C(=O)C(c3ccccc3)(c3ccccc3)N=C2N)c1. The Morgan fingerprint density at radius 1 is 0.939 bits per heavy atom. The maximum absolute atomic E-state index is 13.7. The van der Waals surface area contributed by atoms with E-state index < -0.39 is 5.54 Å². The van der Waals surface area contributed by atoms with Crippen LogP contribution in [0.4, 0.5) is 0 Å². The van der Waals surface area contributed by atoms with Crippen molar-refractivity contribution in [3.05, 3.63) is 107 Å². The first kappa shape index (κ1) is 22.3. The number of guanidine groups is 1. The molecule has 1 heterocycles. The summed E-state index contributed by atoms with van der Waals surface area (Å²) in [5.41, 5.74) is 8.36. The topological polar surface area (TPSA) is 87.8 Å². The first-order valence-corrected chi connectivity index (χ1v) is 11.2. The summed E-state index contributed by atoms with van der Waals surface area (Å²) in [6.07, 6.45) is 1.41. The molecule has 0 saturated heterocycles. The largest absolute Gasteiger partial charge is 0.369 e. The van der Waals surface area contributed by atoms with Crippen LogP contribution in [0.5, 0.6) is 0 Å². The summed E-state index contributed by atoms with van der Waals surface area (Å²) in [6, 6.07) is 26.6. The number of amides is 2. The highest BCUT2D eigenvalue weighted by atomic mass is 16.2. The van der Waals surface area contributed by atoms with Crippen molar-refractivity contribution in [3.8, 4) is 0 Å². The van der Waals surface area contributed by atoms with Gasteiger partial charge in [0.2, 0.25) is 0 Å². The quantitative estimate of drug-likeness (QED) is 0.525. The fraction of sp³-hybridized carbons (Fsp3) is 0.222. The zero-order chi connectivity index (χ0) is 23.3. The van der Waals surface area contributed by atoms with Crippen LogP contribution in [-0.4, -0.2) is 35.8 Å². The van der Waals surface area contributed by atoms with Crippen molar-refractivity contribution >= 4 is 17.8 Å². The molecular formula is C27H28N4O2. The van der Waals surface area contributed by atoms with E-state index in [4.69, 9.17) is 10.7 Å². The van der Waals surface area contributed by atoms with Crippen LogP contribution in [0.25, 0.3) is 0 Å². The van der Waals surface area contributed by atoms with Gasteiger partial charge in [0.25, 0.3) is 11.8 Å². The van der Waals surface area contributed by atoms with E-state index in [-0.39, 0.29) is 17.8 Å². The Morgan fingerprint density at radius 2 is 1.58 bits per heavy atom. The van der Waals surface area contributed by atoms with Gasteiger partial charge in [0.05, 0.1) is 0 Å². The fourth-order valence-corrected chi connectivity index (χ4v) is 4.18. The van der Waals surface area contributed by atoms with Gasteiger partial charge in [0.15, 0.2) is 11.5 Å². The Morgan fingerprint density at radius 3 is 2.18 bits per heavy atom. The lowest BCUT2D eigenvalue weighted by Crippen LogP contribution is -2.44. The van der Waals surface area contributed by atoms with Crippen LogP contribution in [0.15, 0.2) is 89.9 Å². The van der Waals surface area contributed by atoms with E-state index in [2.05, 4.69) is 5.32 Å². The molecule has 0 atom stereocenters. The normalized spacial score (nSPS) is 14.8. The Hall–Kier alpha value is -3.93. The van der Waals surface area contributed by atoms with Gasteiger partial charge in [-0.05, 0) is 43.0 Å². The lowest BCUT2D eigenvalue weighted by molar-refractivity contribution is -0.130. The van der Waals surface area contributed by atoms with E-state index in [0.29, 0.717) is 25.1 Å². The average Bonchev–Trinajstić information content (AvgIpc) is 3.10. The van der Waals surface area contributed by atoms with Gasteiger partial charge in [-0.2, -0.15) is 0 Å². The van der Waals surface area contributed by atoms with Crippen LogP contribution in [0, 0.1) is 6.92 Å². The standard InChI is InChI=1S/C27H28N4O2/c1-20-11-10-12-21(19-20)24(32)29-17-8-9-18-31-25(33)27(30-26(31)28,22-13-4-2-5-14-22)23-15-6-3-7-16-23/h2-7,10-16,19H,8-9,17-18H2,1H3,(H2,28,30)(H,29,32). The summed E-state index contributed by atoms with van der Waals surface area (Å²) < 4.78 is 0. The summed E-state index contributed by atoms with van der Waals surface area (Å²) in [6.45, 7) is 2.92. The summed E-state index contributed by atoms with van der Waals surface area (Å²) in [4.78, 5) is 32.3. The summed E-state index contributed by atoms with van der Waals surface area (Å²) in [7, 11) is 0. The lowest BCUT2D eigenvalue weighted by Gasteiger charge is -2.27. The molecule has 0 aromatic heterocycles. The number of unbranched alkanes of at least 4 members (excludes halogenated alkanes) is 1. The van der Waals surface area contributed by atoms with Gasteiger partial charge in [0.1, 0.15) is 0 Å². The van der Waals surface area contributed by atoms with E-state index in [9.17, 15) is 9.59 Å². The molecule has 0 fully saturated rings. The Labute approximate surface area is 194 Å². The molecule has 1 aliphatic heterocycles. The second kappa shape index (κ2) is 9.69. The molecule has 0 aliphatic carbocycles. The second-order valence-electron chi connectivity index (χ2n) is 8.20. The number of hydrogen-bond acceptors (Lipinski definition) is 4. The van der Waals surface area contributed by atoms with Crippen LogP contribution in [0.1, 0.15) is 39.9 Å². The number of aryl methyl sites for hydroxylation is 1. The zero-order valence-corrected chi connectivity index (χ0v) is 18.7. The molecule has 0 saturated carbocycles. The van der Waals surface area contributed by atoms with Gasteiger partial charge < -0.3 is 11.1 Å². The van der Waals surface area contributed by atoms with Crippen molar-refractivity contribution in [2.45, 2.75) is 25.3 Å². The Bertz CT molecular complexity index is 1120. The molecular weight excluding hydrogens is 412 g/mol. The van der Waals surface area contributed by atoms with Gasteiger partial charge in [-0.3, -0.25) is 14.5 Å². The molecule has 6 nitrogen and oxygen atoms in total. The molecule has 0 radical (unpaired) electrons. The Kier molecular flexibility index (Phi) is 6.54. The number of aliphatic imine (C=N–C) groups is 1. The number of nitrogens with zero attached hydrogens (tertiary/aromatic N) is 2. The van der Waals surface area contributed by atoms with E-state index in [0.717, 1.165) is 23.1 Å². The van der Waals surface area contributed by atoms with Crippen LogP contribution in [0.2, 0.25) is 0 Å². The predicted molar refractivity (Wildman–Crippen MR) is 130 cm³/mol.